The Morgan fingerprint density at radius 1 is 1.71 bits per heavy atom. The Bertz CT molecular complexity index is 388. The molecular weight excluding hydrogens is 204 g/mol. The molecule has 6 heteroatoms. The van der Waals surface area contributed by atoms with E-state index in [9.17, 15) is 9.59 Å². The molecule has 0 unspecified atom stereocenters. The van der Waals surface area contributed by atoms with Crippen molar-refractivity contribution in [2.45, 2.75) is 6.42 Å². The topological polar surface area (TPSA) is 83.0 Å². The molecule has 2 N–H and O–H groups in total. The van der Waals surface area contributed by atoms with Gasteiger partial charge in [-0.2, -0.15) is 11.8 Å². The van der Waals surface area contributed by atoms with Gasteiger partial charge in [-0.3, -0.25) is 4.79 Å². The Morgan fingerprint density at radius 3 is 2.93 bits per heavy atom. The number of nitrogens with one attached hydrogen (secondary N) is 1. The summed E-state index contributed by atoms with van der Waals surface area (Å²) in [6, 6.07) is 0. The number of hydrogen-bond donors (Lipinski definition) is 2. The van der Waals surface area contributed by atoms with Gasteiger partial charge in [0.2, 0.25) is 0 Å². The molecule has 0 bridgehead atoms. The van der Waals surface area contributed by atoms with Gasteiger partial charge in [-0.1, -0.05) is 0 Å². The molecule has 76 valence electrons. The molecule has 0 saturated carbocycles. The van der Waals surface area contributed by atoms with Crippen LogP contribution in [0.4, 0.5) is 0 Å². The minimum absolute atomic E-state index is 0.321. The van der Waals surface area contributed by atoms with Crippen LogP contribution >= 0.6 is 11.8 Å². The predicted molar refractivity (Wildman–Crippen MR) is 53.9 cm³/mol. The zero-order valence-electron chi connectivity index (χ0n) is 7.61. The third kappa shape index (κ3) is 2.59. The second-order valence-electron chi connectivity index (χ2n) is 2.62. The SMILES string of the molecule is CSCCc1ncc(C(=O)O)c(=O)[nH]1. The molecule has 0 aliphatic carbocycles. The minimum atomic E-state index is -1.25. The van der Waals surface area contributed by atoms with Crippen molar-refractivity contribution in [1.29, 1.82) is 0 Å². The largest absolute Gasteiger partial charge is 0.477 e. The third-order valence-corrected chi connectivity index (χ3v) is 2.24. The Labute approximate surface area is 84.6 Å². The molecule has 5 nitrogen and oxygen atoms in total. The van der Waals surface area contributed by atoms with Gasteiger partial charge in [-0.15, -0.1) is 0 Å². The van der Waals surface area contributed by atoms with Crippen molar-refractivity contribution in [3.8, 4) is 0 Å². The van der Waals surface area contributed by atoms with E-state index in [1.165, 1.54) is 0 Å². The predicted octanol–water partition coefficient (Wildman–Crippen LogP) is 0.374. The van der Waals surface area contributed by atoms with Crippen LogP contribution in [0, 0.1) is 0 Å². The van der Waals surface area contributed by atoms with Crippen molar-refractivity contribution in [1.82, 2.24) is 9.97 Å². The summed E-state index contributed by atoms with van der Waals surface area (Å²) in [5, 5.41) is 8.57. The summed E-state index contributed by atoms with van der Waals surface area (Å²) in [7, 11) is 0. The molecule has 1 heterocycles. The lowest BCUT2D eigenvalue weighted by molar-refractivity contribution is 0.0694. The summed E-state index contributed by atoms with van der Waals surface area (Å²) in [6.07, 6.45) is 3.68. The number of carbonyl (C=O) groups is 1. The summed E-state index contributed by atoms with van der Waals surface area (Å²) >= 11 is 1.63. The lowest BCUT2D eigenvalue weighted by atomic mass is 10.3. The van der Waals surface area contributed by atoms with Crippen molar-refractivity contribution < 1.29 is 9.90 Å². The molecule has 0 aliphatic rings. The first kappa shape index (κ1) is 10.8. The van der Waals surface area contributed by atoms with E-state index in [0.29, 0.717) is 12.2 Å². The average molecular weight is 214 g/mol. The third-order valence-electron chi connectivity index (χ3n) is 1.63. The second kappa shape index (κ2) is 4.80. The van der Waals surface area contributed by atoms with E-state index in [1.807, 2.05) is 6.26 Å². The van der Waals surface area contributed by atoms with Gasteiger partial charge in [0.15, 0.2) is 0 Å². The Kier molecular flexibility index (Phi) is 3.70. The first-order valence-corrected chi connectivity index (χ1v) is 5.35. The number of carboxylic acid groups (broad SMARTS) is 1. The van der Waals surface area contributed by atoms with Crippen molar-refractivity contribution in [2.24, 2.45) is 0 Å². The maximum absolute atomic E-state index is 11.2. The quantitative estimate of drug-likeness (QED) is 0.756. The van der Waals surface area contributed by atoms with Crippen LogP contribution in [0.25, 0.3) is 0 Å². The van der Waals surface area contributed by atoms with Crippen LogP contribution in [0.15, 0.2) is 11.0 Å². The molecule has 0 radical (unpaired) electrons. The molecule has 0 aliphatic heterocycles. The summed E-state index contributed by atoms with van der Waals surface area (Å²) in [4.78, 5) is 27.9. The fourth-order valence-corrected chi connectivity index (χ4v) is 1.31. The normalized spacial score (nSPS) is 10.1. The smallest absolute Gasteiger partial charge is 0.342 e. The molecule has 0 amide bonds. The molecule has 0 saturated heterocycles. The highest BCUT2D eigenvalue weighted by Crippen LogP contribution is 1.97. The Morgan fingerprint density at radius 2 is 2.43 bits per heavy atom. The summed E-state index contributed by atoms with van der Waals surface area (Å²) in [5.74, 6) is 0.111. The average Bonchev–Trinajstić information content (AvgIpc) is 2.14. The van der Waals surface area contributed by atoms with Gasteiger partial charge in [0.25, 0.3) is 5.56 Å². The van der Waals surface area contributed by atoms with Crippen LogP contribution in [0.5, 0.6) is 0 Å². The van der Waals surface area contributed by atoms with Crippen LogP contribution in [0.3, 0.4) is 0 Å². The molecule has 14 heavy (non-hydrogen) atoms. The van der Waals surface area contributed by atoms with E-state index in [2.05, 4.69) is 9.97 Å². The zero-order valence-corrected chi connectivity index (χ0v) is 8.43. The summed E-state index contributed by atoms with van der Waals surface area (Å²) in [5.41, 5.74) is -0.915. The van der Waals surface area contributed by atoms with Crippen LogP contribution < -0.4 is 5.56 Å². The van der Waals surface area contributed by atoms with Crippen molar-refractivity contribution in [2.75, 3.05) is 12.0 Å². The van der Waals surface area contributed by atoms with Crippen molar-refractivity contribution in [3.63, 3.8) is 0 Å². The Hall–Kier alpha value is -1.30. The van der Waals surface area contributed by atoms with Crippen LogP contribution in [0.2, 0.25) is 0 Å². The second-order valence-corrected chi connectivity index (χ2v) is 3.61. The van der Waals surface area contributed by atoms with E-state index in [-0.39, 0.29) is 5.56 Å². The Balaban J connectivity index is 2.89. The number of aryl methyl sites for hydroxylation is 1. The van der Waals surface area contributed by atoms with Crippen LogP contribution in [-0.4, -0.2) is 33.1 Å². The van der Waals surface area contributed by atoms with Crippen LogP contribution in [0.1, 0.15) is 16.2 Å². The standard InChI is InChI=1S/C8H10N2O3S/c1-14-3-2-6-9-4-5(8(12)13)7(11)10-6/h4H,2-3H2,1H3,(H,12,13)(H,9,10,11). The molecule has 1 rings (SSSR count). The number of carboxylic acids is 1. The summed E-state index contributed by atoms with van der Waals surface area (Å²) in [6.45, 7) is 0. The van der Waals surface area contributed by atoms with Crippen molar-refractivity contribution >= 4 is 17.7 Å². The van der Waals surface area contributed by atoms with E-state index < -0.39 is 11.5 Å². The van der Waals surface area contributed by atoms with Crippen molar-refractivity contribution in [3.05, 3.63) is 27.9 Å². The van der Waals surface area contributed by atoms with Gasteiger partial charge in [0.1, 0.15) is 11.4 Å². The van der Waals surface area contributed by atoms with E-state index >= 15 is 0 Å². The fourth-order valence-electron chi connectivity index (χ4n) is 0.910. The van der Waals surface area contributed by atoms with Gasteiger partial charge >= 0.3 is 5.97 Å². The molecule has 1 aromatic heterocycles. The lowest BCUT2D eigenvalue weighted by Crippen LogP contribution is -2.20. The molecule has 0 spiro atoms. The number of aromatic amines is 1. The lowest BCUT2D eigenvalue weighted by Gasteiger charge is -1.98. The zero-order chi connectivity index (χ0) is 10.6. The number of aromatic carboxylic acids is 1. The summed E-state index contributed by atoms with van der Waals surface area (Å²) < 4.78 is 0. The fraction of sp³-hybridized carbons (Fsp3) is 0.375. The van der Waals surface area contributed by atoms with Gasteiger partial charge in [-0.05, 0) is 6.26 Å². The van der Waals surface area contributed by atoms with Gasteiger partial charge in [0, 0.05) is 18.4 Å². The highest BCUT2D eigenvalue weighted by atomic mass is 32.2. The minimum Gasteiger partial charge on any atom is -0.477 e. The first-order valence-electron chi connectivity index (χ1n) is 3.95. The molecular formula is C8H10N2O3S. The van der Waals surface area contributed by atoms with Gasteiger partial charge in [0.05, 0.1) is 0 Å². The first-order chi connectivity index (χ1) is 6.65. The highest BCUT2D eigenvalue weighted by Gasteiger charge is 2.09. The molecule has 0 fully saturated rings. The molecule has 1 aromatic rings. The van der Waals surface area contributed by atoms with E-state index in [4.69, 9.17) is 5.11 Å². The van der Waals surface area contributed by atoms with Gasteiger partial charge in [-0.25, -0.2) is 9.78 Å². The number of aromatic nitrogens is 2. The maximum Gasteiger partial charge on any atom is 0.342 e. The molecule has 0 atom stereocenters. The number of H-pyrrole nitrogens is 1. The monoisotopic (exact) mass is 214 g/mol. The maximum atomic E-state index is 11.2. The molecule has 0 aromatic carbocycles. The van der Waals surface area contributed by atoms with Gasteiger partial charge < -0.3 is 10.1 Å². The van der Waals surface area contributed by atoms with E-state index in [1.54, 1.807) is 11.8 Å². The number of rotatable bonds is 4. The number of nitrogens with zero attached hydrogens (tertiary/aromatic N) is 1. The van der Waals surface area contributed by atoms with Crippen LogP contribution in [-0.2, 0) is 6.42 Å². The van der Waals surface area contributed by atoms with E-state index in [0.717, 1.165) is 11.9 Å². The number of thioether (sulfide) groups is 1. The highest BCUT2D eigenvalue weighted by molar-refractivity contribution is 7.98. The number of hydrogen-bond acceptors (Lipinski definition) is 4.